The molecule has 108 valence electrons. The van der Waals surface area contributed by atoms with Gasteiger partial charge in [0.2, 0.25) is 0 Å². The Balaban J connectivity index is 2.88. The highest BCUT2D eigenvalue weighted by molar-refractivity contribution is 5.60. The van der Waals surface area contributed by atoms with Crippen LogP contribution in [0, 0.1) is 34.6 Å². The SMILES string of the molecule is CNn1c(C)nn(-c2c(C)c(C)c(C)c(O)c2C)c1=O. The molecule has 0 saturated heterocycles. The maximum atomic E-state index is 12.4. The summed E-state index contributed by atoms with van der Waals surface area (Å²) in [4.78, 5) is 12.4. The van der Waals surface area contributed by atoms with Gasteiger partial charge in [0.25, 0.3) is 0 Å². The van der Waals surface area contributed by atoms with E-state index in [1.807, 2.05) is 20.8 Å². The standard InChI is InChI=1S/C14H20N4O2/c1-7-8(2)12(10(4)13(19)9(7)3)18-14(20)17(15-6)11(5)16-18/h15,19H,1-6H3. The molecule has 1 heterocycles. The topological polar surface area (TPSA) is 72.1 Å². The first kappa shape index (κ1) is 14.2. The van der Waals surface area contributed by atoms with Gasteiger partial charge in [-0.3, -0.25) is 0 Å². The average molecular weight is 276 g/mol. The Hall–Kier alpha value is -2.24. The van der Waals surface area contributed by atoms with Crippen molar-refractivity contribution in [3.8, 4) is 11.4 Å². The lowest BCUT2D eigenvalue weighted by molar-refractivity contribution is 0.465. The van der Waals surface area contributed by atoms with Crippen LogP contribution in [-0.2, 0) is 0 Å². The van der Waals surface area contributed by atoms with Crippen molar-refractivity contribution >= 4 is 0 Å². The first-order valence-electron chi connectivity index (χ1n) is 6.47. The Kier molecular flexibility index (Phi) is 3.33. The fraction of sp³-hybridized carbons (Fsp3) is 0.429. The second-order valence-corrected chi connectivity index (χ2v) is 5.00. The highest BCUT2D eigenvalue weighted by Crippen LogP contribution is 2.32. The molecule has 1 aromatic heterocycles. The first-order valence-corrected chi connectivity index (χ1v) is 6.47. The van der Waals surface area contributed by atoms with Crippen LogP contribution in [0.1, 0.15) is 28.1 Å². The number of aromatic hydroxyl groups is 1. The lowest BCUT2D eigenvalue weighted by Gasteiger charge is -2.16. The van der Waals surface area contributed by atoms with Crippen LogP contribution in [-0.4, -0.2) is 26.6 Å². The molecule has 0 aliphatic heterocycles. The van der Waals surface area contributed by atoms with Crippen LogP contribution in [0.4, 0.5) is 0 Å². The number of benzene rings is 1. The van der Waals surface area contributed by atoms with E-state index >= 15 is 0 Å². The van der Waals surface area contributed by atoms with E-state index in [4.69, 9.17) is 0 Å². The molecule has 0 amide bonds. The summed E-state index contributed by atoms with van der Waals surface area (Å²) in [7, 11) is 1.66. The zero-order valence-corrected chi connectivity index (χ0v) is 12.7. The zero-order chi connectivity index (χ0) is 15.2. The number of phenolic OH excluding ortho intramolecular Hbond substituents is 1. The van der Waals surface area contributed by atoms with E-state index in [1.54, 1.807) is 20.9 Å². The number of aryl methyl sites for hydroxylation is 1. The van der Waals surface area contributed by atoms with Crippen LogP contribution < -0.4 is 11.1 Å². The molecule has 2 rings (SSSR count). The van der Waals surface area contributed by atoms with Gasteiger partial charge in [-0.25, -0.2) is 4.79 Å². The Bertz CT molecular complexity index is 712. The van der Waals surface area contributed by atoms with Crippen molar-refractivity contribution in [2.45, 2.75) is 34.6 Å². The highest BCUT2D eigenvalue weighted by atomic mass is 16.3. The van der Waals surface area contributed by atoms with E-state index in [0.29, 0.717) is 17.1 Å². The molecular weight excluding hydrogens is 256 g/mol. The molecule has 0 bridgehead atoms. The third-order valence-electron chi connectivity index (χ3n) is 3.92. The third-order valence-corrected chi connectivity index (χ3v) is 3.92. The van der Waals surface area contributed by atoms with Crippen molar-refractivity contribution in [3.63, 3.8) is 0 Å². The van der Waals surface area contributed by atoms with Crippen molar-refractivity contribution in [3.05, 3.63) is 38.6 Å². The number of nitrogens with zero attached hydrogens (tertiary/aromatic N) is 3. The van der Waals surface area contributed by atoms with Crippen LogP contribution in [0.15, 0.2) is 4.79 Å². The molecular formula is C14H20N4O2. The quantitative estimate of drug-likeness (QED) is 0.871. The summed E-state index contributed by atoms with van der Waals surface area (Å²) in [5.41, 5.74) is 6.56. The van der Waals surface area contributed by atoms with Crippen molar-refractivity contribution < 1.29 is 5.11 Å². The molecule has 6 nitrogen and oxygen atoms in total. The highest BCUT2D eigenvalue weighted by Gasteiger charge is 2.19. The van der Waals surface area contributed by atoms with Crippen molar-refractivity contribution in [2.24, 2.45) is 0 Å². The minimum atomic E-state index is -0.279. The lowest BCUT2D eigenvalue weighted by atomic mass is 9.97. The second-order valence-electron chi connectivity index (χ2n) is 5.00. The molecule has 0 aliphatic rings. The summed E-state index contributed by atoms with van der Waals surface area (Å²) in [6, 6.07) is 0. The van der Waals surface area contributed by atoms with Gasteiger partial charge in [-0.1, -0.05) is 0 Å². The molecule has 0 saturated carbocycles. The summed E-state index contributed by atoms with van der Waals surface area (Å²) in [5, 5.41) is 14.5. The monoisotopic (exact) mass is 276 g/mol. The van der Waals surface area contributed by atoms with Crippen LogP contribution in [0.3, 0.4) is 0 Å². The van der Waals surface area contributed by atoms with Gasteiger partial charge in [0.15, 0.2) is 5.82 Å². The van der Waals surface area contributed by atoms with E-state index in [9.17, 15) is 9.90 Å². The number of hydrogen-bond donors (Lipinski definition) is 2. The number of aromatic nitrogens is 3. The number of hydrogen-bond acceptors (Lipinski definition) is 4. The zero-order valence-electron chi connectivity index (χ0n) is 12.7. The fourth-order valence-corrected chi connectivity index (χ4v) is 2.50. The van der Waals surface area contributed by atoms with E-state index in [1.165, 1.54) is 9.36 Å². The van der Waals surface area contributed by atoms with Gasteiger partial charge in [0.05, 0.1) is 5.69 Å². The number of nitrogens with one attached hydrogen (secondary N) is 1. The normalized spacial score (nSPS) is 10.9. The predicted octanol–water partition coefficient (Wildman–Crippen LogP) is 1.45. The average Bonchev–Trinajstić information content (AvgIpc) is 2.69. The number of phenols is 1. The van der Waals surface area contributed by atoms with Gasteiger partial charge in [-0.2, -0.15) is 9.36 Å². The molecule has 0 spiro atoms. The van der Waals surface area contributed by atoms with Gasteiger partial charge in [0, 0.05) is 12.6 Å². The van der Waals surface area contributed by atoms with Crippen LogP contribution in [0.25, 0.3) is 5.69 Å². The minimum Gasteiger partial charge on any atom is -0.507 e. The van der Waals surface area contributed by atoms with E-state index in [2.05, 4.69) is 10.5 Å². The number of rotatable bonds is 2. The van der Waals surface area contributed by atoms with Gasteiger partial charge in [-0.05, 0) is 51.3 Å². The van der Waals surface area contributed by atoms with Gasteiger partial charge in [0.1, 0.15) is 5.75 Å². The molecule has 1 aromatic carbocycles. The summed E-state index contributed by atoms with van der Waals surface area (Å²) < 4.78 is 2.70. The maximum absolute atomic E-state index is 12.4. The summed E-state index contributed by atoms with van der Waals surface area (Å²) >= 11 is 0. The Morgan fingerprint density at radius 1 is 1.00 bits per heavy atom. The van der Waals surface area contributed by atoms with E-state index in [0.717, 1.165) is 16.7 Å². The Morgan fingerprint density at radius 3 is 2.10 bits per heavy atom. The third kappa shape index (κ3) is 1.79. The van der Waals surface area contributed by atoms with E-state index in [-0.39, 0.29) is 11.4 Å². The Morgan fingerprint density at radius 2 is 1.60 bits per heavy atom. The molecule has 0 radical (unpaired) electrons. The molecule has 20 heavy (non-hydrogen) atoms. The maximum Gasteiger partial charge on any atom is 0.369 e. The lowest BCUT2D eigenvalue weighted by Crippen LogP contribution is -2.29. The predicted molar refractivity (Wildman–Crippen MR) is 78.5 cm³/mol. The van der Waals surface area contributed by atoms with Gasteiger partial charge < -0.3 is 10.5 Å². The van der Waals surface area contributed by atoms with Gasteiger partial charge >= 0.3 is 5.69 Å². The summed E-state index contributed by atoms with van der Waals surface area (Å²) in [6.07, 6.45) is 0. The largest absolute Gasteiger partial charge is 0.507 e. The first-order chi connectivity index (χ1) is 9.31. The minimum absolute atomic E-state index is 0.215. The molecule has 0 unspecified atom stereocenters. The van der Waals surface area contributed by atoms with Crippen molar-refractivity contribution in [1.29, 1.82) is 0 Å². The molecule has 0 aliphatic carbocycles. The van der Waals surface area contributed by atoms with Crippen LogP contribution >= 0.6 is 0 Å². The van der Waals surface area contributed by atoms with Gasteiger partial charge in [-0.15, -0.1) is 5.10 Å². The summed E-state index contributed by atoms with van der Waals surface area (Å²) in [5.74, 6) is 0.778. The second kappa shape index (κ2) is 4.70. The van der Waals surface area contributed by atoms with E-state index < -0.39 is 0 Å². The molecule has 2 aromatic rings. The summed E-state index contributed by atoms with van der Waals surface area (Å²) in [6.45, 7) is 9.28. The van der Waals surface area contributed by atoms with Crippen LogP contribution in [0.2, 0.25) is 0 Å². The molecule has 0 atom stereocenters. The molecule has 0 fully saturated rings. The van der Waals surface area contributed by atoms with Crippen molar-refractivity contribution in [1.82, 2.24) is 14.5 Å². The van der Waals surface area contributed by atoms with Crippen molar-refractivity contribution in [2.75, 3.05) is 12.5 Å². The van der Waals surface area contributed by atoms with Crippen LogP contribution in [0.5, 0.6) is 5.75 Å². The molecule has 2 N–H and O–H groups in total. The smallest absolute Gasteiger partial charge is 0.369 e. The fourth-order valence-electron chi connectivity index (χ4n) is 2.50. The Labute approximate surface area is 117 Å². The molecule has 6 heteroatoms.